The van der Waals surface area contributed by atoms with Crippen LogP contribution in [-0.2, 0) is 7.05 Å². The largest absolute Gasteiger partial charge is 0.472 e. The summed E-state index contributed by atoms with van der Waals surface area (Å²) in [5.74, 6) is 0.170. The van der Waals surface area contributed by atoms with Crippen molar-refractivity contribution in [2.45, 2.75) is 12.5 Å². The molecule has 0 aliphatic carbocycles. The van der Waals surface area contributed by atoms with E-state index in [0.29, 0.717) is 30.4 Å². The van der Waals surface area contributed by atoms with Gasteiger partial charge >= 0.3 is 0 Å². The van der Waals surface area contributed by atoms with Gasteiger partial charge in [-0.15, -0.1) is 0 Å². The Bertz CT molecular complexity index is 940. The van der Waals surface area contributed by atoms with Gasteiger partial charge in [-0.25, -0.2) is 9.37 Å². The van der Waals surface area contributed by atoms with Crippen LogP contribution in [0.25, 0.3) is 11.3 Å². The molecule has 2 aromatic heterocycles. The van der Waals surface area contributed by atoms with E-state index < -0.39 is 0 Å². The summed E-state index contributed by atoms with van der Waals surface area (Å²) in [6.45, 7) is 1.12. The van der Waals surface area contributed by atoms with Crippen molar-refractivity contribution >= 4 is 5.91 Å². The minimum absolute atomic E-state index is 0.0753. The number of benzene rings is 1. The number of aryl methyl sites for hydroxylation is 1. The minimum atomic E-state index is -0.304. The maximum atomic E-state index is 13.1. The van der Waals surface area contributed by atoms with Crippen LogP contribution in [0.5, 0.6) is 5.88 Å². The summed E-state index contributed by atoms with van der Waals surface area (Å²) < 4.78 is 20.5. The lowest BCUT2D eigenvalue weighted by atomic mass is 10.1. The van der Waals surface area contributed by atoms with Crippen molar-refractivity contribution < 1.29 is 13.9 Å². The third kappa shape index (κ3) is 3.67. The molecule has 4 rings (SSSR count). The first-order chi connectivity index (χ1) is 13.1. The van der Waals surface area contributed by atoms with Crippen molar-refractivity contribution in [3.8, 4) is 17.1 Å². The highest BCUT2D eigenvalue weighted by Crippen LogP contribution is 2.22. The summed E-state index contributed by atoms with van der Waals surface area (Å²) in [6.07, 6.45) is 2.36. The van der Waals surface area contributed by atoms with Crippen LogP contribution < -0.4 is 4.74 Å². The third-order valence-corrected chi connectivity index (χ3v) is 4.60. The number of rotatable bonds is 4. The smallest absolute Gasteiger partial charge is 0.272 e. The SMILES string of the molecule is Cn1nc(-c2ccc(F)cc2)cc1C(=O)N1CCC(Oc2ccccn2)C1. The molecular formula is C20H19FN4O2. The zero-order valence-electron chi connectivity index (χ0n) is 14.9. The molecule has 0 saturated carbocycles. The number of aromatic nitrogens is 3. The maximum Gasteiger partial charge on any atom is 0.272 e. The molecule has 3 heterocycles. The number of carbonyl (C=O) groups is 1. The molecule has 1 unspecified atom stereocenters. The van der Waals surface area contributed by atoms with Crippen LogP contribution in [0.1, 0.15) is 16.9 Å². The van der Waals surface area contributed by atoms with Gasteiger partial charge in [0.2, 0.25) is 5.88 Å². The summed E-state index contributed by atoms with van der Waals surface area (Å²) in [5.41, 5.74) is 1.90. The number of pyridine rings is 1. The van der Waals surface area contributed by atoms with E-state index >= 15 is 0 Å². The molecule has 1 atom stereocenters. The van der Waals surface area contributed by atoms with Crippen LogP contribution in [0.2, 0.25) is 0 Å². The van der Waals surface area contributed by atoms with Crippen molar-refractivity contribution in [1.29, 1.82) is 0 Å². The first kappa shape index (κ1) is 17.2. The number of ether oxygens (including phenoxy) is 1. The average Bonchev–Trinajstić information content (AvgIpc) is 3.29. The Hall–Kier alpha value is -3.22. The Morgan fingerprint density at radius 1 is 1.22 bits per heavy atom. The lowest BCUT2D eigenvalue weighted by Gasteiger charge is -2.16. The molecule has 6 nitrogen and oxygen atoms in total. The average molecular weight is 366 g/mol. The highest BCUT2D eigenvalue weighted by atomic mass is 19.1. The summed E-state index contributed by atoms with van der Waals surface area (Å²) in [7, 11) is 1.73. The molecule has 1 aromatic carbocycles. The van der Waals surface area contributed by atoms with Crippen LogP contribution in [0, 0.1) is 5.82 Å². The summed E-state index contributed by atoms with van der Waals surface area (Å²) in [6, 6.07) is 13.3. The topological polar surface area (TPSA) is 60.2 Å². The number of halogens is 1. The van der Waals surface area contributed by atoms with Gasteiger partial charge in [0.1, 0.15) is 17.6 Å². The zero-order chi connectivity index (χ0) is 18.8. The standard InChI is InChI=1S/C20H19FN4O2/c1-24-18(12-17(23-24)14-5-7-15(21)8-6-14)20(26)25-11-9-16(13-25)27-19-4-2-3-10-22-19/h2-8,10,12,16H,9,11,13H2,1H3. The lowest BCUT2D eigenvalue weighted by molar-refractivity contribution is 0.0760. The molecule has 1 amide bonds. The van der Waals surface area contributed by atoms with E-state index in [-0.39, 0.29) is 17.8 Å². The second kappa shape index (κ2) is 7.19. The molecule has 1 saturated heterocycles. The number of amides is 1. The van der Waals surface area contributed by atoms with Crippen molar-refractivity contribution in [3.63, 3.8) is 0 Å². The van der Waals surface area contributed by atoms with Crippen LogP contribution in [-0.4, -0.2) is 44.8 Å². The Labute approximate surface area is 156 Å². The van der Waals surface area contributed by atoms with Gasteiger partial charge in [0, 0.05) is 37.8 Å². The highest BCUT2D eigenvalue weighted by molar-refractivity contribution is 5.94. The zero-order valence-corrected chi connectivity index (χ0v) is 14.9. The second-order valence-electron chi connectivity index (χ2n) is 6.49. The molecule has 27 heavy (non-hydrogen) atoms. The normalized spacial score (nSPS) is 16.5. The predicted molar refractivity (Wildman–Crippen MR) is 97.8 cm³/mol. The molecule has 0 radical (unpaired) electrons. The van der Waals surface area contributed by atoms with E-state index in [0.717, 1.165) is 12.0 Å². The van der Waals surface area contributed by atoms with Gasteiger partial charge in [0.15, 0.2) is 0 Å². The maximum absolute atomic E-state index is 13.1. The number of hydrogen-bond acceptors (Lipinski definition) is 4. The van der Waals surface area contributed by atoms with Gasteiger partial charge in [-0.05, 0) is 36.4 Å². The van der Waals surface area contributed by atoms with Crippen molar-refractivity contribution in [2.75, 3.05) is 13.1 Å². The van der Waals surface area contributed by atoms with Gasteiger partial charge < -0.3 is 9.64 Å². The molecule has 3 aromatic rings. The summed E-state index contributed by atoms with van der Waals surface area (Å²) in [5, 5.41) is 4.40. The number of hydrogen-bond donors (Lipinski definition) is 0. The number of carbonyl (C=O) groups excluding carboxylic acids is 1. The van der Waals surface area contributed by atoms with Crippen molar-refractivity contribution in [3.05, 3.63) is 66.2 Å². The van der Waals surface area contributed by atoms with Crippen LogP contribution in [0.15, 0.2) is 54.7 Å². The van der Waals surface area contributed by atoms with E-state index in [9.17, 15) is 9.18 Å². The van der Waals surface area contributed by atoms with Crippen molar-refractivity contribution in [1.82, 2.24) is 19.7 Å². The fraction of sp³-hybridized carbons (Fsp3) is 0.250. The Morgan fingerprint density at radius 3 is 2.78 bits per heavy atom. The number of nitrogens with zero attached hydrogens (tertiary/aromatic N) is 4. The predicted octanol–water partition coefficient (Wildman–Crippen LogP) is 2.91. The summed E-state index contributed by atoms with van der Waals surface area (Å²) >= 11 is 0. The van der Waals surface area contributed by atoms with E-state index in [1.807, 2.05) is 12.1 Å². The van der Waals surface area contributed by atoms with Crippen LogP contribution in [0.4, 0.5) is 4.39 Å². The quantitative estimate of drug-likeness (QED) is 0.712. The van der Waals surface area contributed by atoms with Crippen LogP contribution >= 0.6 is 0 Å². The molecule has 1 fully saturated rings. The van der Waals surface area contributed by atoms with Gasteiger partial charge in [0.25, 0.3) is 5.91 Å². The molecular weight excluding hydrogens is 347 g/mol. The molecule has 138 valence electrons. The first-order valence-electron chi connectivity index (χ1n) is 8.77. The molecule has 0 N–H and O–H groups in total. The molecule has 0 bridgehead atoms. The second-order valence-corrected chi connectivity index (χ2v) is 6.49. The molecule has 1 aliphatic rings. The van der Waals surface area contributed by atoms with Gasteiger partial charge in [0.05, 0.1) is 12.2 Å². The van der Waals surface area contributed by atoms with E-state index in [1.54, 1.807) is 47.1 Å². The molecule has 0 spiro atoms. The fourth-order valence-corrected chi connectivity index (χ4v) is 3.19. The third-order valence-electron chi connectivity index (χ3n) is 4.60. The van der Waals surface area contributed by atoms with Gasteiger partial charge in [-0.3, -0.25) is 9.48 Å². The summed E-state index contributed by atoms with van der Waals surface area (Å²) in [4.78, 5) is 18.8. The van der Waals surface area contributed by atoms with E-state index in [4.69, 9.17) is 4.74 Å². The lowest BCUT2D eigenvalue weighted by Crippen LogP contribution is -2.32. The Balaban J connectivity index is 1.46. The van der Waals surface area contributed by atoms with Crippen molar-refractivity contribution in [2.24, 2.45) is 7.05 Å². The first-order valence-corrected chi connectivity index (χ1v) is 8.77. The molecule has 1 aliphatic heterocycles. The molecule has 7 heteroatoms. The van der Waals surface area contributed by atoms with Gasteiger partial charge in [-0.1, -0.05) is 6.07 Å². The number of likely N-dealkylation sites (tertiary alicyclic amines) is 1. The van der Waals surface area contributed by atoms with Gasteiger partial charge in [-0.2, -0.15) is 5.10 Å². The Morgan fingerprint density at radius 2 is 2.04 bits per heavy atom. The highest BCUT2D eigenvalue weighted by Gasteiger charge is 2.30. The Kier molecular flexibility index (Phi) is 4.58. The fourth-order valence-electron chi connectivity index (χ4n) is 3.19. The monoisotopic (exact) mass is 366 g/mol. The minimum Gasteiger partial charge on any atom is -0.472 e. The van der Waals surface area contributed by atoms with E-state index in [1.165, 1.54) is 12.1 Å². The van der Waals surface area contributed by atoms with E-state index in [2.05, 4.69) is 10.1 Å². The van der Waals surface area contributed by atoms with Crippen LogP contribution in [0.3, 0.4) is 0 Å².